The molecule has 0 aromatic carbocycles. The van der Waals surface area contributed by atoms with Gasteiger partial charge in [0.1, 0.15) is 0 Å². The first-order chi connectivity index (χ1) is 5.58. The van der Waals surface area contributed by atoms with Crippen LogP contribution in [0.1, 0.15) is 27.2 Å². The SMILES string of the molecule is CCOC(=O)[C@]1(C)CC(C)=NO1. The van der Waals surface area contributed by atoms with Gasteiger partial charge in [-0.3, -0.25) is 0 Å². The Balaban J connectivity index is 2.57. The predicted molar refractivity (Wildman–Crippen MR) is 43.8 cm³/mol. The summed E-state index contributed by atoms with van der Waals surface area (Å²) in [6.45, 7) is 5.65. The zero-order valence-electron chi connectivity index (χ0n) is 7.59. The van der Waals surface area contributed by atoms with E-state index in [9.17, 15) is 4.79 Å². The van der Waals surface area contributed by atoms with Crippen molar-refractivity contribution in [1.82, 2.24) is 0 Å². The topological polar surface area (TPSA) is 47.9 Å². The van der Waals surface area contributed by atoms with Crippen LogP contribution in [0.15, 0.2) is 5.16 Å². The van der Waals surface area contributed by atoms with Crippen LogP contribution in [0.2, 0.25) is 0 Å². The lowest BCUT2D eigenvalue weighted by Gasteiger charge is -2.18. The van der Waals surface area contributed by atoms with Gasteiger partial charge in [0.05, 0.1) is 12.3 Å². The molecule has 4 nitrogen and oxygen atoms in total. The molecule has 0 N–H and O–H groups in total. The maximum Gasteiger partial charge on any atom is 0.353 e. The number of oxime groups is 1. The maximum absolute atomic E-state index is 11.3. The van der Waals surface area contributed by atoms with E-state index in [0.717, 1.165) is 5.71 Å². The molecule has 0 radical (unpaired) electrons. The van der Waals surface area contributed by atoms with Gasteiger partial charge in [0.25, 0.3) is 0 Å². The second-order valence-corrected chi connectivity index (χ2v) is 3.05. The molecule has 1 rings (SSSR count). The molecule has 0 unspecified atom stereocenters. The van der Waals surface area contributed by atoms with Crippen molar-refractivity contribution in [2.75, 3.05) is 6.61 Å². The minimum absolute atomic E-state index is 0.342. The standard InChI is InChI=1S/C8H13NO3/c1-4-11-7(10)8(3)5-6(2)9-12-8/h4-5H2,1-3H3/t8-/m0/s1. The van der Waals surface area contributed by atoms with Crippen molar-refractivity contribution in [2.24, 2.45) is 5.16 Å². The Kier molecular flexibility index (Phi) is 2.35. The third-order valence-electron chi connectivity index (χ3n) is 1.70. The van der Waals surface area contributed by atoms with Gasteiger partial charge in [-0.25, -0.2) is 4.79 Å². The minimum atomic E-state index is -0.889. The van der Waals surface area contributed by atoms with Crippen LogP contribution in [-0.2, 0) is 14.4 Å². The van der Waals surface area contributed by atoms with Crippen LogP contribution in [-0.4, -0.2) is 23.9 Å². The molecule has 1 atom stereocenters. The summed E-state index contributed by atoms with van der Waals surface area (Å²) in [5, 5.41) is 3.71. The van der Waals surface area contributed by atoms with E-state index in [1.807, 2.05) is 6.92 Å². The highest BCUT2D eigenvalue weighted by Gasteiger charge is 2.42. The fourth-order valence-corrected chi connectivity index (χ4v) is 1.12. The molecular weight excluding hydrogens is 158 g/mol. The Morgan fingerprint density at radius 2 is 2.50 bits per heavy atom. The van der Waals surface area contributed by atoms with Crippen molar-refractivity contribution in [3.63, 3.8) is 0 Å². The first-order valence-electron chi connectivity index (χ1n) is 3.97. The quantitative estimate of drug-likeness (QED) is 0.584. The highest BCUT2D eigenvalue weighted by Crippen LogP contribution is 2.24. The molecule has 0 amide bonds. The lowest BCUT2D eigenvalue weighted by molar-refractivity contribution is -0.166. The molecule has 0 fully saturated rings. The molecule has 12 heavy (non-hydrogen) atoms. The normalized spacial score (nSPS) is 27.8. The molecular formula is C8H13NO3. The lowest BCUT2D eigenvalue weighted by atomic mass is 10.0. The van der Waals surface area contributed by atoms with Gasteiger partial charge in [-0.05, 0) is 20.8 Å². The summed E-state index contributed by atoms with van der Waals surface area (Å²) in [5.74, 6) is -0.342. The second kappa shape index (κ2) is 3.13. The fraction of sp³-hybridized carbons (Fsp3) is 0.750. The number of ether oxygens (including phenoxy) is 1. The van der Waals surface area contributed by atoms with E-state index in [0.29, 0.717) is 13.0 Å². The summed E-state index contributed by atoms with van der Waals surface area (Å²) in [6.07, 6.45) is 0.520. The van der Waals surface area contributed by atoms with Gasteiger partial charge >= 0.3 is 5.97 Å². The summed E-state index contributed by atoms with van der Waals surface area (Å²) in [4.78, 5) is 16.3. The van der Waals surface area contributed by atoms with E-state index in [1.165, 1.54) is 0 Å². The number of rotatable bonds is 2. The Bertz CT molecular complexity index is 224. The monoisotopic (exact) mass is 171 g/mol. The zero-order chi connectivity index (χ0) is 9.19. The number of esters is 1. The van der Waals surface area contributed by atoms with Crippen LogP contribution in [0.5, 0.6) is 0 Å². The van der Waals surface area contributed by atoms with E-state index in [4.69, 9.17) is 9.57 Å². The van der Waals surface area contributed by atoms with E-state index < -0.39 is 5.60 Å². The van der Waals surface area contributed by atoms with Gasteiger partial charge in [0.2, 0.25) is 5.60 Å². The first-order valence-corrected chi connectivity index (χ1v) is 3.97. The molecule has 4 heteroatoms. The molecule has 0 saturated carbocycles. The van der Waals surface area contributed by atoms with E-state index in [-0.39, 0.29) is 5.97 Å². The highest BCUT2D eigenvalue weighted by atomic mass is 16.7. The van der Waals surface area contributed by atoms with Crippen molar-refractivity contribution in [1.29, 1.82) is 0 Å². The van der Waals surface area contributed by atoms with E-state index in [2.05, 4.69) is 5.16 Å². The Labute approximate surface area is 71.5 Å². The number of carbonyl (C=O) groups is 1. The van der Waals surface area contributed by atoms with Crippen molar-refractivity contribution in [3.05, 3.63) is 0 Å². The molecule has 1 aliphatic heterocycles. The van der Waals surface area contributed by atoms with E-state index in [1.54, 1.807) is 13.8 Å². The summed E-state index contributed by atoms with van der Waals surface area (Å²) in [6, 6.07) is 0. The zero-order valence-corrected chi connectivity index (χ0v) is 7.59. The molecule has 0 aromatic heterocycles. The Morgan fingerprint density at radius 3 is 2.92 bits per heavy atom. The van der Waals surface area contributed by atoms with Crippen LogP contribution in [0.4, 0.5) is 0 Å². The second-order valence-electron chi connectivity index (χ2n) is 3.05. The summed E-state index contributed by atoms with van der Waals surface area (Å²) < 4.78 is 4.84. The third-order valence-corrected chi connectivity index (χ3v) is 1.70. The predicted octanol–water partition coefficient (Wildman–Crippen LogP) is 1.10. The average molecular weight is 171 g/mol. The van der Waals surface area contributed by atoms with Crippen molar-refractivity contribution < 1.29 is 14.4 Å². The Hall–Kier alpha value is -1.06. The van der Waals surface area contributed by atoms with Gasteiger partial charge < -0.3 is 9.57 Å². The molecule has 0 aliphatic carbocycles. The number of nitrogens with zero attached hydrogens (tertiary/aromatic N) is 1. The average Bonchev–Trinajstić information content (AvgIpc) is 2.33. The fourth-order valence-electron chi connectivity index (χ4n) is 1.12. The van der Waals surface area contributed by atoms with Gasteiger partial charge in [0.15, 0.2) is 0 Å². The minimum Gasteiger partial charge on any atom is -0.463 e. The number of hydrogen-bond donors (Lipinski definition) is 0. The van der Waals surface area contributed by atoms with Crippen molar-refractivity contribution in [2.45, 2.75) is 32.8 Å². The van der Waals surface area contributed by atoms with Gasteiger partial charge in [-0.15, -0.1) is 0 Å². The van der Waals surface area contributed by atoms with Gasteiger partial charge in [-0.1, -0.05) is 5.16 Å². The van der Waals surface area contributed by atoms with Crippen molar-refractivity contribution in [3.8, 4) is 0 Å². The molecule has 68 valence electrons. The highest BCUT2D eigenvalue weighted by molar-refractivity contribution is 5.91. The van der Waals surface area contributed by atoms with Crippen LogP contribution in [0, 0.1) is 0 Å². The molecule has 0 bridgehead atoms. The van der Waals surface area contributed by atoms with Crippen LogP contribution < -0.4 is 0 Å². The molecule has 1 heterocycles. The smallest absolute Gasteiger partial charge is 0.353 e. The first kappa shape index (κ1) is 9.03. The van der Waals surface area contributed by atoms with Gasteiger partial charge in [-0.2, -0.15) is 0 Å². The summed E-state index contributed by atoms with van der Waals surface area (Å²) in [7, 11) is 0. The molecule has 1 aliphatic rings. The molecule has 0 aromatic rings. The molecule has 0 saturated heterocycles. The van der Waals surface area contributed by atoms with E-state index >= 15 is 0 Å². The number of hydrogen-bond acceptors (Lipinski definition) is 4. The number of carbonyl (C=O) groups excluding carboxylic acids is 1. The maximum atomic E-state index is 11.3. The van der Waals surface area contributed by atoms with Crippen LogP contribution in [0.3, 0.4) is 0 Å². The largest absolute Gasteiger partial charge is 0.463 e. The summed E-state index contributed by atoms with van der Waals surface area (Å²) in [5.41, 5.74) is -0.0642. The lowest BCUT2D eigenvalue weighted by Crippen LogP contribution is -2.36. The van der Waals surface area contributed by atoms with Crippen LogP contribution >= 0.6 is 0 Å². The Morgan fingerprint density at radius 1 is 1.83 bits per heavy atom. The third kappa shape index (κ3) is 1.57. The van der Waals surface area contributed by atoms with Gasteiger partial charge in [0, 0.05) is 6.42 Å². The van der Waals surface area contributed by atoms with Crippen molar-refractivity contribution >= 4 is 11.7 Å². The van der Waals surface area contributed by atoms with Crippen LogP contribution in [0.25, 0.3) is 0 Å². The summed E-state index contributed by atoms with van der Waals surface area (Å²) >= 11 is 0. The molecule has 0 spiro atoms.